The molecule has 0 N–H and O–H groups in total. The molecule has 1 aromatic heterocycles. The Balaban J connectivity index is 2.12. The molecule has 0 amide bonds. The van der Waals surface area contributed by atoms with Gasteiger partial charge in [-0.2, -0.15) is 5.26 Å². The van der Waals surface area contributed by atoms with Gasteiger partial charge in [0.05, 0.1) is 17.3 Å². The van der Waals surface area contributed by atoms with Crippen LogP contribution in [0.5, 0.6) is 0 Å². The number of nitrogens with zero attached hydrogens (tertiary/aromatic N) is 3. The number of hydrogen-bond acceptors (Lipinski definition) is 3. The average molecular weight is 310 g/mol. The van der Waals surface area contributed by atoms with Crippen molar-refractivity contribution in [2.24, 2.45) is 5.92 Å². The van der Waals surface area contributed by atoms with Gasteiger partial charge >= 0.3 is 0 Å². The van der Waals surface area contributed by atoms with Crippen LogP contribution in [0.25, 0.3) is 5.57 Å². The number of benzene rings is 1. The van der Waals surface area contributed by atoms with Gasteiger partial charge in [-0.05, 0) is 59.7 Å². The standard InChI is InChI=1S/C18H16ClN3/c1-2-3-12-8-14-9-13(11-20)4-5-15(14)16(10-12)17-6-7-21-18(19)22-17/h4-7,9-10,12H,2-3,8H2,1H3. The number of fused-ring (bicyclic) bond motifs is 1. The minimum atomic E-state index is 0.256. The number of halogens is 1. The van der Waals surface area contributed by atoms with Crippen LogP contribution >= 0.6 is 11.6 Å². The van der Waals surface area contributed by atoms with Crippen molar-refractivity contribution >= 4 is 17.2 Å². The molecule has 0 aliphatic heterocycles. The molecule has 22 heavy (non-hydrogen) atoms. The highest BCUT2D eigenvalue weighted by atomic mass is 35.5. The first-order valence-electron chi connectivity index (χ1n) is 7.45. The highest BCUT2D eigenvalue weighted by molar-refractivity contribution is 6.28. The average Bonchev–Trinajstić information content (AvgIpc) is 2.54. The second kappa shape index (κ2) is 6.29. The Morgan fingerprint density at radius 2 is 2.23 bits per heavy atom. The molecule has 0 fully saturated rings. The van der Waals surface area contributed by atoms with Gasteiger partial charge < -0.3 is 0 Å². The number of allylic oxidation sites excluding steroid dienone is 1. The third-order valence-corrected chi connectivity index (χ3v) is 4.15. The summed E-state index contributed by atoms with van der Waals surface area (Å²) in [6.07, 6.45) is 7.20. The number of rotatable bonds is 3. The summed E-state index contributed by atoms with van der Waals surface area (Å²) in [7, 11) is 0. The van der Waals surface area contributed by atoms with Crippen LogP contribution in [0.4, 0.5) is 0 Å². The van der Waals surface area contributed by atoms with Crippen molar-refractivity contribution in [1.29, 1.82) is 5.26 Å². The van der Waals surface area contributed by atoms with E-state index < -0.39 is 0 Å². The van der Waals surface area contributed by atoms with Gasteiger partial charge in [-0.1, -0.05) is 25.5 Å². The van der Waals surface area contributed by atoms with Crippen molar-refractivity contribution in [2.75, 3.05) is 0 Å². The highest BCUT2D eigenvalue weighted by Gasteiger charge is 2.21. The molecule has 3 rings (SSSR count). The summed E-state index contributed by atoms with van der Waals surface area (Å²) in [4.78, 5) is 8.31. The molecule has 110 valence electrons. The molecule has 1 aromatic carbocycles. The zero-order chi connectivity index (χ0) is 15.5. The fraction of sp³-hybridized carbons (Fsp3) is 0.278. The van der Waals surface area contributed by atoms with E-state index >= 15 is 0 Å². The second-order valence-corrected chi connectivity index (χ2v) is 5.87. The van der Waals surface area contributed by atoms with E-state index in [-0.39, 0.29) is 5.28 Å². The summed E-state index contributed by atoms with van der Waals surface area (Å²) in [5.74, 6) is 0.468. The zero-order valence-electron chi connectivity index (χ0n) is 12.4. The third-order valence-electron chi connectivity index (χ3n) is 3.97. The third kappa shape index (κ3) is 2.88. The van der Waals surface area contributed by atoms with Crippen LogP contribution in [0.3, 0.4) is 0 Å². The van der Waals surface area contributed by atoms with Crippen molar-refractivity contribution in [1.82, 2.24) is 9.97 Å². The molecule has 0 saturated carbocycles. The predicted octanol–water partition coefficient (Wildman–Crippen LogP) is 4.41. The van der Waals surface area contributed by atoms with Gasteiger partial charge in [0.2, 0.25) is 5.28 Å². The van der Waals surface area contributed by atoms with E-state index in [1.54, 1.807) is 6.20 Å². The Hall–Kier alpha value is -2.18. The van der Waals surface area contributed by atoms with E-state index in [1.807, 2.05) is 24.3 Å². The summed E-state index contributed by atoms with van der Waals surface area (Å²) in [5.41, 5.74) is 4.99. The zero-order valence-corrected chi connectivity index (χ0v) is 13.1. The fourth-order valence-corrected chi connectivity index (χ4v) is 3.17. The first-order chi connectivity index (χ1) is 10.7. The largest absolute Gasteiger partial charge is 0.226 e. The van der Waals surface area contributed by atoms with Crippen LogP contribution in [-0.4, -0.2) is 9.97 Å². The Kier molecular flexibility index (Phi) is 4.22. The molecule has 1 unspecified atom stereocenters. The molecule has 1 aliphatic rings. The molecule has 3 nitrogen and oxygen atoms in total. The van der Waals surface area contributed by atoms with Gasteiger partial charge in [-0.3, -0.25) is 0 Å². The van der Waals surface area contributed by atoms with E-state index in [0.717, 1.165) is 36.1 Å². The van der Waals surface area contributed by atoms with Gasteiger partial charge in [0, 0.05) is 11.8 Å². The molecule has 0 bridgehead atoms. The monoisotopic (exact) mass is 309 g/mol. The molecule has 1 atom stereocenters. The Bertz CT molecular complexity index is 774. The molecule has 0 radical (unpaired) electrons. The Morgan fingerprint density at radius 3 is 2.95 bits per heavy atom. The van der Waals surface area contributed by atoms with Crippen LogP contribution in [0.15, 0.2) is 36.5 Å². The molecule has 4 heteroatoms. The quantitative estimate of drug-likeness (QED) is 0.789. The summed E-state index contributed by atoms with van der Waals surface area (Å²) >= 11 is 5.94. The lowest BCUT2D eigenvalue weighted by atomic mass is 9.81. The molecule has 1 heterocycles. The lowest BCUT2D eigenvalue weighted by Gasteiger charge is -2.24. The lowest BCUT2D eigenvalue weighted by molar-refractivity contribution is 0.572. The minimum absolute atomic E-state index is 0.256. The maximum atomic E-state index is 9.13. The Labute approximate surface area is 135 Å². The summed E-state index contributed by atoms with van der Waals surface area (Å²) in [6, 6.07) is 9.97. The van der Waals surface area contributed by atoms with Crippen LogP contribution in [0.2, 0.25) is 5.28 Å². The van der Waals surface area contributed by atoms with Gasteiger partial charge in [0.1, 0.15) is 0 Å². The van der Waals surface area contributed by atoms with E-state index in [4.69, 9.17) is 16.9 Å². The first kappa shape index (κ1) is 14.7. The fourth-order valence-electron chi connectivity index (χ4n) is 3.03. The van der Waals surface area contributed by atoms with Crippen molar-refractivity contribution in [3.8, 4) is 6.07 Å². The normalized spacial score (nSPS) is 16.6. The van der Waals surface area contributed by atoms with Crippen LogP contribution in [0, 0.1) is 17.2 Å². The number of aromatic nitrogens is 2. The predicted molar refractivity (Wildman–Crippen MR) is 87.4 cm³/mol. The molecular weight excluding hydrogens is 294 g/mol. The topological polar surface area (TPSA) is 49.6 Å². The van der Waals surface area contributed by atoms with Crippen molar-refractivity contribution in [2.45, 2.75) is 26.2 Å². The van der Waals surface area contributed by atoms with Crippen molar-refractivity contribution < 1.29 is 0 Å². The van der Waals surface area contributed by atoms with Gasteiger partial charge in [-0.25, -0.2) is 9.97 Å². The van der Waals surface area contributed by atoms with Gasteiger partial charge in [0.25, 0.3) is 0 Å². The first-order valence-corrected chi connectivity index (χ1v) is 7.83. The highest BCUT2D eigenvalue weighted by Crippen LogP contribution is 2.35. The molecular formula is C18H16ClN3. The van der Waals surface area contributed by atoms with Crippen LogP contribution in [-0.2, 0) is 6.42 Å². The molecule has 0 saturated heterocycles. The molecule has 2 aromatic rings. The van der Waals surface area contributed by atoms with Crippen LogP contribution < -0.4 is 0 Å². The number of nitriles is 1. The van der Waals surface area contributed by atoms with E-state index in [0.29, 0.717) is 11.5 Å². The maximum absolute atomic E-state index is 9.13. The van der Waals surface area contributed by atoms with Crippen molar-refractivity contribution in [3.63, 3.8) is 0 Å². The second-order valence-electron chi connectivity index (χ2n) is 5.53. The van der Waals surface area contributed by atoms with E-state index in [2.05, 4.69) is 29.0 Å². The smallest absolute Gasteiger partial charge is 0.222 e. The maximum Gasteiger partial charge on any atom is 0.222 e. The molecule has 0 spiro atoms. The SMILES string of the molecule is CCCC1C=C(c2ccnc(Cl)n2)c2ccc(C#N)cc2C1. The van der Waals surface area contributed by atoms with Crippen molar-refractivity contribution in [3.05, 3.63) is 64.2 Å². The lowest BCUT2D eigenvalue weighted by Crippen LogP contribution is -2.12. The minimum Gasteiger partial charge on any atom is -0.226 e. The van der Waals surface area contributed by atoms with Gasteiger partial charge in [-0.15, -0.1) is 0 Å². The van der Waals surface area contributed by atoms with E-state index in [9.17, 15) is 0 Å². The van der Waals surface area contributed by atoms with E-state index in [1.165, 1.54) is 5.56 Å². The summed E-state index contributed by atoms with van der Waals surface area (Å²) in [6.45, 7) is 2.19. The molecule has 1 aliphatic carbocycles. The van der Waals surface area contributed by atoms with Crippen LogP contribution in [0.1, 0.15) is 42.1 Å². The van der Waals surface area contributed by atoms with Gasteiger partial charge in [0.15, 0.2) is 0 Å². The summed E-state index contributed by atoms with van der Waals surface area (Å²) in [5, 5.41) is 9.38. The summed E-state index contributed by atoms with van der Waals surface area (Å²) < 4.78 is 0. The Morgan fingerprint density at radius 1 is 1.36 bits per heavy atom. The number of hydrogen-bond donors (Lipinski definition) is 0.